The molecule has 2 rings (SSSR count). The Labute approximate surface area is 110 Å². The molecule has 0 spiro atoms. The van der Waals surface area contributed by atoms with Gasteiger partial charge in [-0.15, -0.1) is 0 Å². The van der Waals surface area contributed by atoms with Crippen LogP contribution >= 0.6 is 0 Å². The molecule has 1 aliphatic rings. The molecule has 0 saturated carbocycles. The number of benzene rings is 1. The second-order valence-corrected chi connectivity index (χ2v) is 4.48. The molecule has 100 valence electrons. The van der Waals surface area contributed by atoms with E-state index in [2.05, 4.69) is 0 Å². The lowest BCUT2D eigenvalue weighted by Gasteiger charge is -2.15. The van der Waals surface area contributed by atoms with Crippen molar-refractivity contribution < 1.29 is 24.5 Å². The van der Waals surface area contributed by atoms with Gasteiger partial charge in [0.25, 0.3) is 0 Å². The molecule has 1 unspecified atom stereocenters. The van der Waals surface area contributed by atoms with Crippen molar-refractivity contribution in [2.75, 3.05) is 0 Å². The van der Waals surface area contributed by atoms with Crippen LogP contribution in [0.5, 0.6) is 11.5 Å². The van der Waals surface area contributed by atoms with Gasteiger partial charge in [0.1, 0.15) is 17.6 Å². The summed E-state index contributed by atoms with van der Waals surface area (Å²) in [6.07, 6.45) is 2.89. The summed E-state index contributed by atoms with van der Waals surface area (Å²) in [5, 5.41) is 19.2. The van der Waals surface area contributed by atoms with E-state index in [9.17, 15) is 19.8 Å². The smallest absolute Gasteiger partial charge is 0.310 e. The third kappa shape index (κ3) is 2.93. The zero-order valence-corrected chi connectivity index (χ0v) is 10.4. The van der Waals surface area contributed by atoms with Gasteiger partial charge in [0.15, 0.2) is 5.78 Å². The van der Waals surface area contributed by atoms with E-state index in [1.54, 1.807) is 13.0 Å². The lowest BCUT2D eigenvalue weighted by atomic mass is 9.98. The number of phenolic OH excluding ortho intramolecular Hbond substituents is 2. The average Bonchev–Trinajstić information content (AvgIpc) is 2.26. The topological polar surface area (TPSA) is 83.8 Å². The van der Waals surface area contributed by atoms with Crippen molar-refractivity contribution in [3.8, 4) is 11.5 Å². The molecule has 1 heterocycles. The maximum atomic E-state index is 12.0. The van der Waals surface area contributed by atoms with E-state index in [1.807, 2.05) is 0 Å². The molecule has 19 heavy (non-hydrogen) atoms. The predicted octanol–water partition coefficient (Wildman–Crippen LogP) is 1.71. The highest BCUT2D eigenvalue weighted by molar-refractivity contribution is 6.08. The molecule has 0 amide bonds. The molecule has 1 aromatic rings. The summed E-state index contributed by atoms with van der Waals surface area (Å²) in [7, 11) is 0. The lowest BCUT2D eigenvalue weighted by molar-refractivity contribution is -0.147. The van der Waals surface area contributed by atoms with Gasteiger partial charge in [-0.3, -0.25) is 9.59 Å². The van der Waals surface area contributed by atoms with Crippen LogP contribution in [0.25, 0.3) is 0 Å². The molecule has 0 saturated heterocycles. The molecule has 5 heteroatoms. The van der Waals surface area contributed by atoms with Crippen LogP contribution < -0.4 is 0 Å². The number of cyclic esters (lactones) is 1. The number of fused-ring (bicyclic) bond motifs is 1. The Morgan fingerprint density at radius 1 is 1.26 bits per heavy atom. The van der Waals surface area contributed by atoms with Crippen LogP contribution in [0.15, 0.2) is 24.3 Å². The molecular formula is C14H14O5. The van der Waals surface area contributed by atoms with E-state index in [1.165, 1.54) is 12.1 Å². The first-order valence-corrected chi connectivity index (χ1v) is 5.92. The van der Waals surface area contributed by atoms with Crippen molar-refractivity contribution in [1.82, 2.24) is 0 Å². The fourth-order valence-electron chi connectivity index (χ4n) is 2.01. The molecule has 0 radical (unpaired) electrons. The predicted molar refractivity (Wildman–Crippen MR) is 67.1 cm³/mol. The third-order valence-corrected chi connectivity index (χ3v) is 2.84. The number of carbonyl (C=O) groups is 2. The number of carbonyl (C=O) groups excluding carboxylic acids is 2. The zero-order valence-electron chi connectivity index (χ0n) is 10.4. The monoisotopic (exact) mass is 262 g/mol. The number of allylic oxidation sites excluding steroid dienone is 1. The quantitative estimate of drug-likeness (QED) is 0.695. The van der Waals surface area contributed by atoms with Gasteiger partial charge in [0.05, 0.1) is 12.0 Å². The van der Waals surface area contributed by atoms with Crippen molar-refractivity contribution in [2.24, 2.45) is 0 Å². The molecular weight excluding hydrogens is 248 g/mol. The Hall–Kier alpha value is -2.30. The summed E-state index contributed by atoms with van der Waals surface area (Å²) in [6.45, 7) is 1.73. The minimum absolute atomic E-state index is 0.0283. The van der Waals surface area contributed by atoms with E-state index < -0.39 is 11.8 Å². The minimum atomic E-state index is -0.498. The van der Waals surface area contributed by atoms with Crippen LogP contribution in [0.4, 0.5) is 0 Å². The molecule has 0 bridgehead atoms. The van der Waals surface area contributed by atoms with Crippen LogP contribution in [-0.4, -0.2) is 28.1 Å². The van der Waals surface area contributed by atoms with Crippen LogP contribution in [0.3, 0.4) is 0 Å². The van der Waals surface area contributed by atoms with Gasteiger partial charge in [-0.05, 0) is 24.6 Å². The number of aromatic hydroxyl groups is 2. The SMILES string of the molecule is CC1C/C=C\C(=O)c2c(O)cc(O)cc2CC(=O)O1. The Bertz CT molecular complexity index is 559. The van der Waals surface area contributed by atoms with Gasteiger partial charge in [0.2, 0.25) is 0 Å². The van der Waals surface area contributed by atoms with E-state index in [0.717, 1.165) is 6.07 Å². The molecule has 1 aliphatic heterocycles. The average molecular weight is 262 g/mol. The number of rotatable bonds is 0. The van der Waals surface area contributed by atoms with Crippen molar-refractivity contribution in [1.29, 1.82) is 0 Å². The highest BCUT2D eigenvalue weighted by Crippen LogP contribution is 2.29. The van der Waals surface area contributed by atoms with Crippen molar-refractivity contribution in [2.45, 2.75) is 25.9 Å². The summed E-state index contributed by atoms with van der Waals surface area (Å²) in [4.78, 5) is 23.7. The summed E-state index contributed by atoms with van der Waals surface area (Å²) < 4.78 is 5.13. The van der Waals surface area contributed by atoms with Crippen molar-refractivity contribution >= 4 is 11.8 Å². The van der Waals surface area contributed by atoms with Crippen molar-refractivity contribution in [3.05, 3.63) is 35.4 Å². The zero-order chi connectivity index (χ0) is 14.0. The van der Waals surface area contributed by atoms with Crippen LogP contribution in [0.1, 0.15) is 29.3 Å². The molecule has 1 aromatic carbocycles. The summed E-state index contributed by atoms with van der Waals surface area (Å²) in [5.41, 5.74) is 0.284. The Balaban J connectivity index is 2.52. The van der Waals surface area contributed by atoms with Gasteiger partial charge < -0.3 is 14.9 Å². The first-order valence-electron chi connectivity index (χ1n) is 5.92. The van der Waals surface area contributed by atoms with E-state index in [0.29, 0.717) is 6.42 Å². The highest BCUT2D eigenvalue weighted by Gasteiger charge is 2.20. The molecule has 0 aromatic heterocycles. The second kappa shape index (κ2) is 5.14. The van der Waals surface area contributed by atoms with Crippen molar-refractivity contribution in [3.63, 3.8) is 0 Å². The largest absolute Gasteiger partial charge is 0.508 e. The number of esters is 1. The summed E-state index contributed by atoms with van der Waals surface area (Å²) in [6, 6.07) is 2.36. The minimum Gasteiger partial charge on any atom is -0.508 e. The number of ether oxygens (including phenoxy) is 1. The maximum Gasteiger partial charge on any atom is 0.310 e. The molecule has 0 aliphatic carbocycles. The fourth-order valence-corrected chi connectivity index (χ4v) is 2.01. The third-order valence-electron chi connectivity index (χ3n) is 2.84. The molecule has 1 atom stereocenters. The number of phenols is 2. The fraction of sp³-hybridized carbons (Fsp3) is 0.286. The Morgan fingerprint density at radius 3 is 2.74 bits per heavy atom. The van der Waals surface area contributed by atoms with Gasteiger partial charge >= 0.3 is 5.97 Å². The molecule has 0 fully saturated rings. The van der Waals surface area contributed by atoms with Gasteiger partial charge in [-0.1, -0.05) is 6.08 Å². The van der Waals surface area contributed by atoms with Crippen LogP contribution in [0, 0.1) is 0 Å². The maximum absolute atomic E-state index is 12.0. The standard InChI is InChI=1S/C14H14O5/c1-8-3-2-4-11(16)14-9(6-13(18)19-8)5-10(15)7-12(14)17/h2,4-5,7-8,15,17H,3,6H2,1H3/b4-2-. The second-order valence-electron chi connectivity index (χ2n) is 4.48. The first kappa shape index (κ1) is 13.1. The molecule has 5 nitrogen and oxygen atoms in total. The van der Waals surface area contributed by atoms with Crippen LogP contribution in [0.2, 0.25) is 0 Å². The normalized spacial score (nSPS) is 21.4. The highest BCUT2D eigenvalue weighted by atomic mass is 16.5. The van der Waals surface area contributed by atoms with Crippen LogP contribution in [-0.2, 0) is 16.0 Å². The Kier molecular flexibility index (Phi) is 3.55. The van der Waals surface area contributed by atoms with E-state index in [-0.39, 0.29) is 35.2 Å². The summed E-state index contributed by atoms with van der Waals surface area (Å²) >= 11 is 0. The number of ketones is 1. The van der Waals surface area contributed by atoms with E-state index in [4.69, 9.17) is 4.74 Å². The van der Waals surface area contributed by atoms with E-state index >= 15 is 0 Å². The lowest BCUT2D eigenvalue weighted by Crippen LogP contribution is -2.18. The Morgan fingerprint density at radius 2 is 2.00 bits per heavy atom. The van der Waals surface area contributed by atoms with Gasteiger partial charge in [0, 0.05) is 12.5 Å². The number of hydrogen-bond acceptors (Lipinski definition) is 5. The molecule has 2 N–H and O–H groups in total. The first-order chi connectivity index (χ1) is 8.97. The van der Waals surface area contributed by atoms with Gasteiger partial charge in [-0.25, -0.2) is 0 Å². The summed E-state index contributed by atoms with van der Waals surface area (Å²) in [5.74, 6) is -1.44. The number of hydrogen-bond donors (Lipinski definition) is 2. The van der Waals surface area contributed by atoms with Gasteiger partial charge in [-0.2, -0.15) is 0 Å².